The van der Waals surface area contributed by atoms with Crippen molar-refractivity contribution in [2.45, 2.75) is 53.6 Å². The van der Waals surface area contributed by atoms with E-state index in [0.717, 1.165) is 35.5 Å². The summed E-state index contributed by atoms with van der Waals surface area (Å²) in [5.41, 5.74) is 0.922. The molecule has 1 aliphatic heterocycles. The summed E-state index contributed by atoms with van der Waals surface area (Å²) >= 11 is 0. The first-order valence-electron chi connectivity index (χ1n) is 19.0. The molecule has 0 spiro atoms. The highest BCUT2D eigenvalue weighted by atomic mass is 19.3. The second-order valence-electron chi connectivity index (χ2n) is 14.8. The van der Waals surface area contributed by atoms with Gasteiger partial charge in [0.25, 0.3) is 12.9 Å². The number of carbonyl (C=O) groups is 3. The summed E-state index contributed by atoms with van der Waals surface area (Å²) in [6.07, 6.45) is 2.15. The van der Waals surface area contributed by atoms with Gasteiger partial charge in [0.05, 0.1) is 65.6 Å². The van der Waals surface area contributed by atoms with Gasteiger partial charge in [0.15, 0.2) is 17.3 Å². The highest BCUT2D eigenvalue weighted by molar-refractivity contribution is 6.62. The highest BCUT2D eigenvalue weighted by Crippen LogP contribution is 2.26. The normalized spacial score (nSPS) is 13.5. The summed E-state index contributed by atoms with van der Waals surface area (Å²) in [5, 5.41) is 20.9. The van der Waals surface area contributed by atoms with Crippen molar-refractivity contribution in [3.8, 4) is 22.8 Å². The van der Waals surface area contributed by atoms with E-state index in [1.807, 2.05) is 0 Å². The number of alkyl halides is 4. The molecule has 66 heavy (non-hydrogen) atoms. The number of carbonyl (C=O) groups excluding carboxylic acids is 2. The third-order valence-electron chi connectivity index (χ3n) is 9.27. The first-order chi connectivity index (χ1) is 30.7. The lowest BCUT2D eigenvalue weighted by Crippen LogP contribution is -2.48. The van der Waals surface area contributed by atoms with Crippen LogP contribution in [0.3, 0.4) is 0 Å². The molecule has 7 rings (SSSR count). The molecule has 26 heteroatoms. The number of carboxylic acids is 1. The molecule has 1 atom stereocenters. The number of nitrogens with zero attached hydrogens (tertiary/aromatic N) is 11. The van der Waals surface area contributed by atoms with Gasteiger partial charge in [-0.05, 0) is 13.0 Å². The molecule has 0 radical (unpaired) electrons. The van der Waals surface area contributed by atoms with Crippen molar-refractivity contribution in [3.05, 3.63) is 101 Å². The van der Waals surface area contributed by atoms with Gasteiger partial charge in [-0.1, -0.05) is 21.3 Å². The zero-order valence-electron chi connectivity index (χ0n) is 35.6. The molecular weight excluding hydrogens is 887 g/mol. The molecule has 0 bridgehead atoms. The van der Waals surface area contributed by atoms with Crippen LogP contribution in [0.25, 0.3) is 22.8 Å². The van der Waals surface area contributed by atoms with Crippen LogP contribution in [0.4, 0.5) is 26.3 Å². The van der Waals surface area contributed by atoms with Crippen LogP contribution in [0, 0.1) is 17.2 Å². The standard InChI is InChI=1S/C18H15F4N5O2.C11H17BN2O4.C10H8F2N4O2.CH4/c1-9(12-3-11(19)7-23-17(12)22)29-15(28)4-14-13(8-26-27(14)2)18-24-5-10(6-25-18)16(20)21;1-11(2)6-17-12(18-7-11)8-5-13-14(3)9(8)10(15)16-4;1-16-7(10(17)18)6(4-15-16)9-13-2-5(3-14-9)8(11)12;/h3,5-9,16H,4H2,1-2H3;5H,6-7H2,1-4H3;2-4,8H,1H3,(H,17,18);1H4/t9-;;;/m1.../s1. The van der Waals surface area contributed by atoms with Gasteiger partial charge in [-0.3, -0.25) is 18.8 Å². The van der Waals surface area contributed by atoms with Crippen LogP contribution < -0.4 is 5.46 Å². The SMILES string of the molecule is C.COC(=O)c1c(B2OCC(C)(C)CO2)cnn1C.C[C@@H](OC(=O)Cc1c(-c2ncc(C(F)F)cn2)cnn1C)c1cc(F)cnc1F.Cn1ncc(-c2ncc(C(F)F)cn2)c1C(=O)O. The van der Waals surface area contributed by atoms with Crippen molar-refractivity contribution in [2.75, 3.05) is 20.3 Å². The Hall–Kier alpha value is -7.09. The van der Waals surface area contributed by atoms with Gasteiger partial charge in [-0.25, -0.2) is 56.5 Å². The molecule has 6 aromatic heterocycles. The second kappa shape index (κ2) is 22.2. The lowest BCUT2D eigenvalue weighted by atomic mass is 9.76. The van der Waals surface area contributed by atoms with Crippen molar-refractivity contribution >= 4 is 30.5 Å². The molecule has 0 aliphatic carbocycles. The summed E-state index contributed by atoms with van der Waals surface area (Å²) in [6, 6.07) is 0.897. The number of methoxy groups -OCH3 is 1. The Morgan fingerprint density at radius 3 is 1.80 bits per heavy atom. The van der Waals surface area contributed by atoms with E-state index in [0.29, 0.717) is 41.8 Å². The zero-order valence-corrected chi connectivity index (χ0v) is 35.6. The Bertz CT molecular complexity index is 2600. The van der Waals surface area contributed by atoms with Crippen molar-refractivity contribution in [2.24, 2.45) is 26.6 Å². The Morgan fingerprint density at radius 1 is 0.773 bits per heavy atom. The molecule has 1 aliphatic rings. The maximum Gasteiger partial charge on any atom is 0.498 e. The van der Waals surface area contributed by atoms with Gasteiger partial charge >= 0.3 is 25.0 Å². The van der Waals surface area contributed by atoms with Gasteiger partial charge < -0.3 is 23.9 Å². The minimum Gasteiger partial charge on any atom is -0.477 e. The fraction of sp³-hybridized carbons (Fsp3) is 0.375. The zero-order chi connectivity index (χ0) is 47.7. The van der Waals surface area contributed by atoms with Crippen LogP contribution in [-0.2, 0) is 51.1 Å². The van der Waals surface area contributed by atoms with Crippen molar-refractivity contribution < 1.29 is 64.6 Å². The predicted molar refractivity (Wildman–Crippen MR) is 220 cm³/mol. The first-order valence-corrected chi connectivity index (χ1v) is 19.0. The van der Waals surface area contributed by atoms with Crippen molar-refractivity contribution in [1.29, 1.82) is 0 Å². The van der Waals surface area contributed by atoms with E-state index in [1.54, 1.807) is 20.3 Å². The van der Waals surface area contributed by atoms with E-state index in [9.17, 15) is 40.7 Å². The lowest BCUT2D eigenvalue weighted by molar-refractivity contribution is -0.148. The summed E-state index contributed by atoms with van der Waals surface area (Å²) in [7, 11) is 5.49. The topological polar surface area (TPSA) is 226 Å². The van der Waals surface area contributed by atoms with Gasteiger partial charge in [0.2, 0.25) is 5.95 Å². The van der Waals surface area contributed by atoms with Crippen LogP contribution in [0.15, 0.2) is 55.6 Å². The van der Waals surface area contributed by atoms with Crippen LogP contribution in [0.2, 0.25) is 0 Å². The van der Waals surface area contributed by atoms with Crippen LogP contribution in [-0.4, -0.2) is 105 Å². The Kier molecular flexibility index (Phi) is 17.3. The van der Waals surface area contributed by atoms with E-state index in [4.69, 9.17) is 23.9 Å². The van der Waals surface area contributed by atoms with Crippen molar-refractivity contribution in [3.63, 3.8) is 0 Å². The summed E-state index contributed by atoms with van der Waals surface area (Å²) in [4.78, 5) is 53.5. The van der Waals surface area contributed by atoms with Gasteiger partial charge in [-0.2, -0.15) is 19.7 Å². The van der Waals surface area contributed by atoms with E-state index in [1.165, 1.54) is 42.8 Å². The summed E-state index contributed by atoms with van der Waals surface area (Å²) in [5.74, 6) is -3.92. The third-order valence-corrected chi connectivity index (χ3v) is 9.27. The Morgan fingerprint density at radius 2 is 1.27 bits per heavy atom. The number of esters is 2. The molecule has 0 aromatic carbocycles. The quantitative estimate of drug-likeness (QED) is 0.0737. The molecule has 7 heterocycles. The number of rotatable bonds is 11. The fourth-order valence-electron chi connectivity index (χ4n) is 5.90. The van der Waals surface area contributed by atoms with Crippen LogP contribution in [0.5, 0.6) is 0 Å². The monoisotopic (exact) mass is 931 g/mol. The molecule has 1 saturated heterocycles. The minimum atomic E-state index is -2.70. The predicted octanol–water partition coefficient (Wildman–Crippen LogP) is 5.46. The minimum absolute atomic E-state index is 0. The molecule has 0 unspecified atom stereocenters. The number of aryl methyl sites for hydroxylation is 3. The van der Waals surface area contributed by atoms with E-state index in [2.05, 4.69) is 54.1 Å². The Balaban J connectivity index is 0.000000225. The summed E-state index contributed by atoms with van der Waals surface area (Å²) < 4.78 is 102. The smallest absolute Gasteiger partial charge is 0.477 e. The van der Waals surface area contributed by atoms with Crippen molar-refractivity contribution in [1.82, 2.24) is 54.3 Å². The van der Waals surface area contributed by atoms with Crippen LogP contribution in [0.1, 0.15) is 90.5 Å². The summed E-state index contributed by atoms with van der Waals surface area (Å²) in [6.45, 7) is 6.66. The van der Waals surface area contributed by atoms with Crippen LogP contribution >= 0.6 is 0 Å². The van der Waals surface area contributed by atoms with E-state index in [-0.39, 0.29) is 58.9 Å². The van der Waals surface area contributed by atoms with Gasteiger partial charge in [-0.15, -0.1) is 0 Å². The van der Waals surface area contributed by atoms with E-state index >= 15 is 0 Å². The molecule has 19 nitrogen and oxygen atoms in total. The molecule has 1 fully saturated rings. The van der Waals surface area contributed by atoms with Gasteiger partial charge in [0.1, 0.15) is 17.6 Å². The average molecular weight is 932 g/mol. The Labute approximate surface area is 373 Å². The number of aromatic carboxylic acids is 1. The number of carboxylic acid groups (broad SMARTS) is 1. The lowest BCUT2D eigenvalue weighted by Gasteiger charge is -2.32. The average Bonchev–Trinajstić information content (AvgIpc) is 3.97. The highest BCUT2D eigenvalue weighted by Gasteiger charge is 2.38. The second-order valence-corrected chi connectivity index (χ2v) is 14.8. The van der Waals surface area contributed by atoms with E-state index < -0.39 is 55.7 Å². The molecular formula is C40H44BF6N11O8. The number of hydrogen-bond acceptors (Lipinski definition) is 15. The largest absolute Gasteiger partial charge is 0.498 e. The number of ether oxygens (including phenoxy) is 2. The fourth-order valence-corrected chi connectivity index (χ4v) is 5.90. The van der Waals surface area contributed by atoms with Gasteiger partial charge in [0, 0.05) is 76.2 Å². The molecule has 1 N–H and O–H groups in total. The number of hydrogen-bond donors (Lipinski definition) is 1. The molecule has 0 saturated carbocycles. The number of aromatic nitrogens is 11. The maximum atomic E-state index is 13.7. The third kappa shape index (κ3) is 12.6. The molecule has 352 valence electrons. The number of halogens is 6. The first kappa shape index (κ1) is 51.5. The molecule has 0 amide bonds. The maximum absolute atomic E-state index is 13.7. The molecule has 6 aromatic rings. The number of pyridine rings is 1.